The van der Waals surface area contributed by atoms with Crippen LogP contribution in [0.4, 0.5) is 0 Å². The molecule has 0 N–H and O–H groups in total. The third kappa shape index (κ3) is 2.72. The lowest BCUT2D eigenvalue weighted by atomic mass is 9.87. The zero-order valence-corrected chi connectivity index (χ0v) is 10.5. The Bertz CT molecular complexity index is 515. The molecule has 1 aromatic rings. The molecule has 5 heteroatoms. The maximum Gasteiger partial charge on any atom is 0.180 e. The van der Waals surface area contributed by atoms with Gasteiger partial charge in [-0.3, -0.25) is 9.78 Å². The second kappa shape index (κ2) is 4.56. The van der Waals surface area contributed by atoms with Crippen molar-refractivity contribution in [2.24, 2.45) is 5.92 Å². The Balaban J connectivity index is 2.17. The Morgan fingerprint density at radius 3 is 2.53 bits per heavy atom. The first-order chi connectivity index (χ1) is 7.99. The summed E-state index contributed by atoms with van der Waals surface area (Å²) in [6.45, 7) is 1.41. The van der Waals surface area contributed by atoms with Gasteiger partial charge in [-0.05, 0) is 30.9 Å². The van der Waals surface area contributed by atoms with Crippen LogP contribution in [0.3, 0.4) is 0 Å². The van der Waals surface area contributed by atoms with Crippen molar-refractivity contribution in [1.82, 2.24) is 4.98 Å². The molecular formula is C12H15NO3S. The number of sulfone groups is 1. The lowest BCUT2D eigenvalue weighted by molar-refractivity contribution is 0.101. The molecule has 1 saturated carbocycles. The molecule has 0 spiro atoms. The molecule has 1 aromatic heterocycles. The molecule has 0 unspecified atom stereocenters. The minimum absolute atomic E-state index is 0.159. The summed E-state index contributed by atoms with van der Waals surface area (Å²) in [5.41, 5.74) is 0.299. The van der Waals surface area contributed by atoms with Crippen molar-refractivity contribution < 1.29 is 13.2 Å². The maximum atomic E-state index is 12.0. The van der Waals surface area contributed by atoms with Crippen LogP contribution >= 0.6 is 0 Å². The van der Waals surface area contributed by atoms with Crippen LogP contribution in [0.2, 0.25) is 0 Å². The van der Waals surface area contributed by atoms with Crippen LogP contribution in [0, 0.1) is 5.92 Å². The van der Waals surface area contributed by atoms with Gasteiger partial charge in [0.1, 0.15) is 5.69 Å². The molecule has 1 fully saturated rings. The molecule has 0 saturated heterocycles. The minimum atomic E-state index is -3.24. The number of aromatic nitrogens is 1. The fourth-order valence-corrected chi connectivity index (χ4v) is 3.47. The number of hydrogen-bond acceptors (Lipinski definition) is 4. The van der Waals surface area contributed by atoms with E-state index in [1.165, 1.54) is 25.3 Å². The van der Waals surface area contributed by atoms with E-state index in [1.54, 1.807) is 0 Å². The van der Waals surface area contributed by atoms with E-state index >= 15 is 0 Å². The fraction of sp³-hybridized carbons (Fsp3) is 0.500. The van der Waals surface area contributed by atoms with E-state index in [9.17, 15) is 13.2 Å². The summed E-state index contributed by atoms with van der Waals surface area (Å²) in [5, 5.41) is 0. The second-order valence-corrected chi connectivity index (χ2v) is 6.55. The highest BCUT2D eigenvalue weighted by Gasteiger charge is 2.26. The Labute approximate surface area is 101 Å². The summed E-state index contributed by atoms with van der Waals surface area (Å²) >= 11 is 0. The van der Waals surface area contributed by atoms with E-state index in [4.69, 9.17) is 0 Å². The van der Waals surface area contributed by atoms with Crippen LogP contribution in [-0.2, 0) is 9.84 Å². The Hall–Kier alpha value is -1.23. The van der Waals surface area contributed by atoms with Gasteiger partial charge in [-0.15, -0.1) is 0 Å². The number of carbonyl (C=O) groups is 1. The number of hydrogen-bond donors (Lipinski definition) is 0. The highest BCUT2D eigenvalue weighted by molar-refractivity contribution is 7.91. The van der Waals surface area contributed by atoms with E-state index in [2.05, 4.69) is 4.98 Å². The third-order valence-electron chi connectivity index (χ3n) is 3.14. The fourth-order valence-electron chi connectivity index (χ4n) is 1.84. The molecule has 1 aliphatic rings. The van der Waals surface area contributed by atoms with Crippen molar-refractivity contribution in [2.45, 2.75) is 31.1 Å². The molecule has 4 nitrogen and oxygen atoms in total. The number of pyridine rings is 1. The van der Waals surface area contributed by atoms with Gasteiger partial charge in [-0.25, -0.2) is 8.42 Å². The summed E-state index contributed by atoms with van der Waals surface area (Å²) in [6.07, 6.45) is 4.41. The molecule has 0 bridgehead atoms. The van der Waals surface area contributed by atoms with Crippen LogP contribution in [0.15, 0.2) is 23.2 Å². The van der Waals surface area contributed by atoms with Crippen LogP contribution < -0.4 is 0 Å². The average molecular weight is 253 g/mol. The predicted octanol–water partition coefficient (Wildman–Crippen LogP) is 1.86. The van der Waals surface area contributed by atoms with Gasteiger partial charge in [0.2, 0.25) is 0 Å². The predicted molar refractivity (Wildman–Crippen MR) is 63.6 cm³/mol. The lowest BCUT2D eigenvalue weighted by Crippen LogP contribution is -2.22. The summed E-state index contributed by atoms with van der Waals surface area (Å²) in [6, 6.07) is 2.94. The molecule has 0 aromatic carbocycles. The molecule has 0 radical (unpaired) electrons. The zero-order valence-electron chi connectivity index (χ0n) is 9.72. The first-order valence-electron chi connectivity index (χ1n) is 5.69. The van der Waals surface area contributed by atoms with Gasteiger partial charge in [-0.2, -0.15) is 0 Å². The molecule has 0 amide bonds. The number of nitrogens with zero attached hydrogens (tertiary/aromatic N) is 1. The lowest BCUT2D eigenvalue weighted by Gasteiger charge is -2.24. The van der Waals surface area contributed by atoms with Crippen molar-refractivity contribution in [3.05, 3.63) is 24.0 Å². The molecule has 0 aliphatic heterocycles. The standard InChI is InChI=1S/C12H15NO3S/c1-9(14)12-6-5-11(7-13-12)17(15,16)8-10-3-2-4-10/h5-7,10H,2-4,8H2,1H3. The van der Waals surface area contributed by atoms with Crippen molar-refractivity contribution in [1.29, 1.82) is 0 Å². The first-order valence-corrected chi connectivity index (χ1v) is 7.34. The van der Waals surface area contributed by atoms with Gasteiger partial charge in [0, 0.05) is 13.1 Å². The van der Waals surface area contributed by atoms with E-state index in [-0.39, 0.29) is 16.4 Å². The van der Waals surface area contributed by atoms with Crippen LogP contribution in [0.25, 0.3) is 0 Å². The van der Waals surface area contributed by atoms with E-state index in [1.807, 2.05) is 0 Å². The molecule has 17 heavy (non-hydrogen) atoms. The largest absolute Gasteiger partial charge is 0.293 e. The number of rotatable bonds is 4. The van der Waals surface area contributed by atoms with Gasteiger partial charge in [-0.1, -0.05) is 6.42 Å². The molecule has 92 valence electrons. The van der Waals surface area contributed by atoms with Gasteiger partial charge >= 0.3 is 0 Å². The van der Waals surface area contributed by atoms with Crippen molar-refractivity contribution in [3.63, 3.8) is 0 Å². The summed E-state index contributed by atoms with van der Waals surface area (Å²) in [5.74, 6) is 0.342. The molecule has 2 rings (SSSR count). The van der Waals surface area contributed by atoms with Crippen molar-refractivity contribution in [3.8, 4) is 0 Å². The van der Waals surface area contributed by atoms with E-state index < -0.39 is 9.84 Å². The minimum Gasteiger partial charge on any atom is -0.293 e. The first kappa shape index (κ1) is 12.2. The number of carbonyl (C=O) groups excluding carboxylic acids is 1. The molecule has 1 aliphatic carbocycles. The summed E-state index contributed by atoms with van der Waals surface area (Å²) in [4.78, 5) is 15.1. The van der Waals surface area contributed by atoms with Gasteiger partial charge in [0.15, 0.2) is 15.6 Å². The Kier molecular flexibility index (Phi) is 3.28. The van der Waals surface area contributed by atoms with Crippen LogP contribution in [0.5, 0.6) is 0 Å². The number of ketones is 1. The second-order valence-electron chi connectivity index (χ2n) is 4.51. The molecule has 0 atom stereocenters. The van der Waals surface area contributed by atoms with Gasteiger partial charge < -0.3 is 0 Å². The Morgan fingerprint density at radius 2 is 2.12 bits per heavy atom. The van der Waals surface area contributed by atoms with Crippen LogP contribution in [0.1, 0.15) is 36.7 Å². The van der Waals surface area contributed by atoms with E-state index in [0.29, 0.717) is 11.6 Å². The van der Waals surface area contributed by atoms with E-state index in [0.717, 1.165) is 19.3 Å². The SMILES string of the molecule is CC(=O)c1ccc(S(=O)(=O)CC2CCC2)cn1. The molecule has 1 heterocycles. The van der Waals surface area contributed by atoms with Crippen molar-refractivity contribution >= 4 is 15.6 Å². The quantitative estimate of drug-likeness (QED) is 0.768. The highest BCUT2D eigenvalue weighted by Crippen LogP contribution is 2.29. The Morgan fingerprint density at radius 1 is 1.41 bits per heavy atom. The monoisotopic (exact) mass is 253 g/mol. The summed E-state index contributed by atoms with van der Waals surface area (Å²) < 4.78 is 24.0. The average Bonchev–Trinajstić information content (AvgIpc) is 2.24. The third-order valence-corrected chi connectivity index (χ3v) is 5.01. The zero-order chi connectivity index (χ0) is 12.5. The van der Waals surface area contributed by atoms with Gasteiger partial charge in [0.05, 0.1) is 10.6 Å². The summed E-state index contributed by atoms with van der Waals surface area (Å²) in [7, 11) is -3.24. The van der Waals surface area contributed by atoms with Crippen LogP contribution in [-0.4, -0.2) is 24.9 Å². The van der Waals surface area contributed by atoms with Crippen molar-refractivity contribution in [2.75, 3.05) is 5.75 Å². The topological polar surface area (TPSA) is 64.1 Å². The smallest absolute Gasteiger partial charge is 0.180 e. The number of Topliss-reactive ketones (excluding diaryl/α,β-unsaturated/α-hetero) is 1. The van der Waals surface area contributed by atoms with Gasteiger partial charge in [0.25, 0.3) is 0 Å². The highest BCUT2D eigenvalue weighted by atomic mass is 32.2. The maximum absolute atomic E-state index is 12.0. The normalized spacial score (nSPS) is 16.5. The molecular weight excluding hydrogens is 238 g/mol.